The maximum absolute atomic E-state index is 13.1. The average Bonchev–Trinajstić information content (AvgIpc) is 3.02. The van der Waals surface area contributed by atoms with Crippen LogP contribution in [0.5, 0.6) is 0 Å². The van der Waals surface area contributed by atoms with Gasteiger partial charge in [-0.2, -0.15) is 12.7 Å². The first-order valence-corrected chi connectivity index (χ1v) is 12.9. The minimum Gasteiger partial charge on any atom is -0.246 e. The summed E-state index contributed by atoms with van der Waals surface area (Å²) in [6, 6.07) is 12.9. The van der Waals surface area contributed by atoms with Crippen molar-refractivity contribution in [3.8, 4) is 0 Å². The molecular formula is C18H29N3O2SSi. The second-order valence-corrected chi connectivity index (χ2v) is 13.8. The third kappa shape index (κ3) is 3.73. The third-order valence-electron chi connectivity index (χ3n) is 5.21. The Balaban J connectivity index is 2.67. The first-order chi connectivity index (χ1) is 11.8. The molecule has 138 valence electrons. The molecule has 2 rings (SSSR count). The molecule has 0 saturated heterocycles. The number of nitrogens with zero attached hydrogens (tertiary/aromatic N) is 3. The average molecular weight is 380 g/mol. The lowest BCUT2D eigenvalue weighted by atomic mass is 10.1. The molecule has 0 N–H and O–H groups in total. The van der Waals surface area contributed by atoms with E-state index in [0.29, 0.717) is 6.42 Å². The predicted octanol–water partition coefficient (Wildman–Crippen LogP) is 2.84. The summed E-state index contributed by atoms with van der Waals surface area (Å²) in [7, 11) is -2.39. The fourth-order valence-corrected chi connectivity index (χ4v) is 8.59. The van der Waals surface area contributed by atoms with Crippen LogP contribution in [-0.4, -0.2) is 43.8 Å². The minimum atomic E-state index is -3.61. The van der Waals surface area contributed by atoms with E-state index in [1.54, 1.807) is 20.3 Å². The molecule has 0 bridgehead atoms. The van der Waals surface area contributed by atoms with Crippen molar-refractivity contribution in [3.63, 3.8) is 0 Å². The van der Waals surface area contributed by atoms with E-state index >= 15 is 0 Å². The number of aromatic nitrogens is 2. The van der Waals surface area contributed by atoms with Crippen LogP contribution in [0, 0.1) is 0 Å². The lowest BCUT2D eigenvalue weighted by Crippen LogP contribution is -2.54. The highest BCUT2D eigenvalue weighted by molar-refractivity contribution is 7.87. The van der Waals surface area contributed by atoms with Gasteiger partial charge in [-0.15, -0.1) is 0 Å². The summed E-state index contributed by atoms with van der Waals surface area (Å²) >= 11 is 0. The molecule has 1 heterocycles. The van der Waals surface area contributed by atoms with Crippen LogP contribution in [0.1, 0.15) is 32.0 Å². The van der Waals surface area contributed by atoms with Gasteiger partial charge in [-0.1, -0.05) is 69.2 Å². The first kappa shape index (κ1) is 19.9. The van der Waals surface area contributed by atoms with E-state index in [2.05, 4.69) is 25.8 Å². The van der Waals surface area contributed by atoms with Gasteiger partial charge in [0.1, 0.15) is 13.5 Å². The monoisotopic (exact) mass is 379 g/mol. The van der Waals surface area contributed by atoms with Crippen molar-refractivity contribution in [3.05, 3.63) is 47.8 Å². The van der Waals surface area contributed by atoms with Crippen molar-refractivity contribution in [2.24, 2.45) is 0 Å². The van der Waals surface area contributed by atoms with E-state index in [4.69, 9.17) is 0 Å². The van der Waals surface area contributed by atoms with E-state index in [0.717, 1.165) is 34.8 Å². The highest BCUT2D eigenvalue weighted by Gasteiger charge is 2.38. The van der Waals surface area contributed by atoms with Crippen molar-refractivity contribution < 1.29 is 8.42 Å². The lowest BCUT2D eigenvalue weighted by Gasteiger charge is -2.29. The predicted molar refractivity (Wildman–Crippen MR) is 106 cm³/mol. The number of hydrogen-bond acceptors (Lipinski definition) is 3. The molecule has 0 atom stereocenters. The number of hydrogen-bond donors (Lipinski definition) is 0. The summed E-state index contributed by atoms with van der Waals surface area (Å²) in [5.41, 5.74) is 2.61. The van der Waals surface area contributed by atoms with E-state index in [-0.39, 0.29) is 0 Å². The van der Waals surface area contributed by atoms with Crippen LogP contribution in [0.3, 0.4) is 0 Å². The topological polar surface area (TPSA) is 55.2 Å². The molecule has 7 heteroatoms. The second-order valence-electron chi connectivity index (χ2n) is 6.63. The quantitative estimate of drug-likeness (QED) is 0.663. The van der Waals surface area contributed by atoms with Crippen LogP contribution >= 0.6 is 0 Å². The van der Waals surface area contributed by atoms with Gasteiger partial charge < -0.3 is 0 Å². The summed E-state index contributed by atoms with van der Waals surface area (Å²) in [5, 5.41) is 0. The van der Waals surface area contributed by atoms with Crippen LogP contribution in [0.4, 0.5) is 0 Å². The number of rotatable bonds is 8. The number of benzene rings is 1. The zero-order chi connectivity index (χ0) is 18.7. The van der Waals surface area contributed by atoms with Gasteiger partial charge in [-0.25, -0.2) is 8.96 Å². The molecule has 0 amide bonds. The normalized spacial score (nSPS) is 12.7. The second kappa shape index (κ2) is 7.84. The standard InChI is InChI=1S/C18H29N3O2SSi/c1-6-25(7-2,8-3)18-19-15-17(14-16-12-10-9-11-13-16)21(18)24(22,23)20(4)5/h9-13,15H,6-8,14H2,1-5H3. The maximum atomic E-state index is 13.1. The molecule has 0 spiro atoms. The fraction of sp³-hybridized carbons (Fsp3) is 0.500. The summed E-state index contributed by atoms with van der Waals surface area (Å²) in [6.07, 6.45) is 2.31. The molecule has 1 aromatic carbocycles. The van der Waals surface area contributed by atoms with Gasteiger partial charge in [0, 0.05) is 26.7 Å². The molecule has 25 heavy (non-hydrogen) atoms. The minimum absolute atomic E-state index is 0.558. The van der Waals surface area contributed by atoms with Crippen LogP contribution in [-0.2, 0) is 16.6 Å². The van der Waals surface area contributed by atoms with Crippen LogP contribution in [0.2, 0.25) is 18.1 Å². The highest BCUT2D eigenvalue weighted by Crippen LogP contribution is 2.22. The van der Waals surface area contributed by atoms with Crippen LogP contribution in [0.25, 0.3) is 0 Å². The highest BCUT2D eigenvalue weighted by atomic mass is 32.2. The van der Waals surface area contributed by atoms with Crippen molar-refractivity contribution in [1.29, 1.82) is 0 Å². The molecule has 5 nitrogen and oxygen atoms in total. The Hall–Kier alpha value is -1.44. The van der Waals surface area contributed by atoms with Gasteiger partial charge in [0.05, 0.1) is 5.69 Å². The van der Waals surface area contributed by atoms with E-state index in [9.17, 15) is 8.42 Å². The Bertz CT molecular complexity index is 789. The van der Waals surface area contributed by atoms with Gasteiger partial charge >= 0.3 is 10.2 Å². The van der Waals surface area contributed by atoms with Crippen LogP contribution < -0.4 is 5.45 Å². The molecule has 0 radical (unpaired) electrons. The van der Waals surface area contributed by atoms with E-state index in [1.807, 2.05) is 30.3 Å². The molecule has 1 aromatic heterocycles. The Labute approximate surface area is 152 Å². The van der Waals surface area contributed by atoms with Crippen molar-refractivity contribution >= 4 is 23.7 Å². The first-order valence-electron chi connectivity index (χ1n) is 8.86. The third-order valence-corrected chi connectivity index (χ3v) is 12.5. The SMILES string of the molecule is CC[Si](CC)(CC)c1ncc(Cc2ccccc2)n1S(=O)(=O)N(C)C. The van der Waals surface area contributed by atoms with Crippen molar-refractivity contribution in [2.75, 3.05) is 14.1 Å². The smallest absolute Gasteiger partial charge is 0.246 e. The lowest BCUT2D eigenvalue weighted by molar-refractivity contribution is 0.510. The van der Waals surface area contributed by atoms with E-state index < -0.39 is 18.3 Å². The van der Waals surface area contributed by atoms with Gasteiger partial charge in [-0.05, 0) is 5.56 Å². The molecule has 0 saturated carbocycles. The molecule has 0 aliphatic rings. The number of imidazole rings is 1. The van der Waals surface area contributed by atoms with Gasteiger partial charge in [0.2, 0.25) is 0 Å². The van der Waals surface area contributed by atoms with Gasteiger partial charge in [-0.3, -0.25) is 0 Å². The maximum Gasteiger partial charge on any atom is 0.308 e. The van der Waals surface area contributed by atoms with Gasteiger partial charge in [0.15, 0.2) is 0 Å². The molecule has 0 unspecified atom stereocenters. The molecule has 0 fully saturated rings. The summed E-state index contributed by atoms with van der Waals surface area (Å²) in [5.74, 6) is 0. The van der Waals surface area contributed by atoms with E-state index in [1.165, 1.54) is 8.28 Å². The summed E-state index contributed by atoms with van der Waals surface area (Å²) < 4.78 is 29.0. The Morgan fingerprint density at radius 2 is 1.60 bits per heavy atom. The summed E-state index contributed by atoms with van der Waals surface area (Å²) in [4.78, 5) is 4.66. The molecular weight excluding hydrogens is 350 g/mol. The summed E-state index contributed by atoms with van der Waals surface area (Å²) in [6.45, 7) is 6.49. The van der Waals surface area contributed by atoms with Crippen molar-refractivity contribution in [1.82, 2.24) is 13.3 Å². The van der Waals surface area contributed by atoms with Crippen LogP contribution in [0.15, 0.2) is 36.5 Å². The molecule has 2 aromatic rings. The van der Waals surface area contributed by atoms with Gasteiger partial charge in [0.25, 0.3) is 0 Å². The zero-order valence-electron chi connectivity index (χ0n) is 15.9. The Morgan fingerprint density at radius 1 is 1.04 bits per heavy atom. The van der Waals surface area contributed by atoms with Crippen molar-refractivity contribution in [2.45, 2.75) is 45.3 Å². The molecule has 0 aliphatic heterocycles. The zero-order valence-corrected chi connectivity index (χ0v) is 17.7. The fourth-order valence-electron chi connectivity index (χ4n) is 3.30. The molecule has 0 aliphatic carbocycles. The Kier molecular flexibility index (Phi) is 6.24. The largest absolute Gasteiger partial charge is 0.308 e. The Morgan fingerprint density at radius 3 is 2.08 bits per heavy atom.